The number of rotatable bonds is 2. The molecular formula is C11H17N3O3. The topological polar surface area (TPSA) is 73.2 Å². The molecule has 0 radical (unpaired) electrons. The van der Waals surface area contributed by atoms with Crippen LogP contribution in [0.3, 0.4) is 0 Å². The van der Waals surface area contributed by atoms with Crippen LogP contribution in [0, 0.1) is 0 Å². The van der Waals surface area contributed by atoms with Crippen LogP contribution in [0.4, 0.5) is 0 Å². The summed E-state index contributed by atoms with van der Waals surface area (Å²) in [6.07, 6.45) is 2.48. The molecule has 1 saturated heterocycles. The average Bonchev–Trinajstić information content (AvgIpc) is 2.80. The molecule has 0 aromatic carbocycles. The Labute approximate surface area is 99.9 Å². The quantitative estimate of drug-likeness (QED) is 0.711. The molecular weight excluding hydrogens is 222 g/mol. The van der Waals surface area contributed by atoms with Crippen LogP contribution in [0.5, 0.6) is 0 Å². The maximum Gasteiger partial charge on any atom is 0.270 e. The molecule has 2 heterocycles. The van der Waals surface area contributed by atoms with Gasteiger partial charge in [0.1, 0.15) is 5.71 Å². The van der Waals surface area contributed by atoms with Crippen LogP contribution in [0.2, 0.25) is 0 Å². The second kappa shape index (κ2) is 4.83. The molecule has 0 aromatic rings. The molecule has 2 aliphatic rings. The number of carbonyl (C=O) groups is 2. The van der Waals surface area contributed by atoms with Crippen molar-refractivity contribution in [3.05, 3.63) is 0 Å². The molecule has 6 nitrogen and oxygen atoms in total. The number of amides is 2. The minimum atomic E-state index is -0.138. The SMILES string of the molecule is CN1N=C(C(=O)N2CCCC2CO)CCC1=O. The van der Waals surface area contributed by atoms with Crippen molar-refractivity contribution in [2.75, 3.05) is 20.2 Å². The third-order valence-corrected chi connectivity index (χ3v) is 3.30. The Hall–Kier alpha value is -1.43. The van der Waals surface area contributed by atoms with Gasteiger partial charge >= 0.3 is 0 Å². The standard InChI is InChI=1S/C11H17N3O3/c1-13-10(16)5-4-9(12-13)11(17)14-6-2-3-8(14)7-15/h8,15H,2-7H2,1H3. The van der Waals surface area contributed by atoms with Gasteiger partial charge in [0.25, 0.3) is 5.91 Å². The Balaban J connectivity index is 2.10. The molecule has 6 heteroatoms. The highest BCUT2D eigenvalue weighted by molar-refractivity contribution is 6.39. The molecule has 2 amide bonds. The second-order valence-corrected chi connectivity index (χ2v) is 4.44. The largest absolute Gasteiger partial charge is 0.394 e. The summed E-state index contributed by atoms with van der Waals surface area (Å²) in [7, 11) is 1.56. The fourth-order valence-electron chi connectivity index (χ4n) is 2.28. The molecule has 2 rings (SSSR count). The first-order chi connectivity index (χ1) is 8.13. The number of aliphatic hydroxyl groups excluding tert-OH is 1. The van der Waals surface area contributed by atoms with E-state index in [1.807, 2.05) is 0 Å². The predicted molar refractivity (Wildman–Crippen MR) is 61.3 cm³/mol. The fourth-order valence-corrected chi connectivity index (χ4v) is 2.28. The third kappa shape index (κ3) is 2.31. The van der Waals surface area contributed by atoms with Crippen LogP contribution >= 0.6 is 0 Å². The molecule has 1 atom stereocenters. The van der Waals surface area contributed by atoms with E-state index in [-0.39, 0.29) is 24.5 Å². The van der Waals surface area contributed by atoms with Gasteiger partial charge in [-0.1, -0.05) is 0 Å². The Morgan fingerprint density at radius 3 is 2.94 bits per heavy atom. The number of aliphatic hydroxyl groups is 1. The Morgan fingerprint density at radius 1 is 1.53 bits per heavy atom. The molecule has 2 aliphatic heterocycles. The van der Waals surface area contributed by atoms with Crippen LogP contribution in [0.25, 0.3) is 0 Å². The van der Waals surface area contributed by atoms with Crippen LogP contribution in [0.1, 0.15) is 25.7 Å². The fraction of sp³-hybridized carbons (Fsp3) is 0.727. The van der Waals surface area contributed by atoms with Crippen molar-refractivity contribution in [1.29, 1.82) is 0 Å². The molecule has 1 N–H and O–H groups in total. The first-order valence-electron chi connectivity index (χ1n) is 5.89. The Kier molecular flexibility index (Phi) is 3.42. The first kappa shape index (κ1) is 12.0. The maximum atomic E-state index is 12.2. The van der Waals surface area contributed by atoms with Gasteiger partial charge in [0.15, 0.2) is 0 Å². The van der Waals surface area contributed by atoms with E-state index in [0.29, 0.717) is 25.1 Å². The zero-order valence-electron chi connectivity index (χ0n) is 9.93. The number of hydrogen-bond acceptors (Lipinski definition) is 4. The van der Waals surface area contributed by atoms with Crippen LogP contribution in [-0.4, -0.2) is 58.8 Å². The van der Waals surface area contributed by atoms with E-state index in [2.05, 4.69) is 5.10 Å². The summed E-state index contributed by atoms with van der Waals surface area (Å²) in [6.45, 7) is 0.661. The van der Waals surface area contributed by atoms with Crippen LogP contribution < -0.4 is 0 Å². The van der Waals surface area contributed by atoms with E-state index >= 15 is 0 Å². The normalized spacial score (nSPS) is 25.2. The van der Waals surface area contributed by atoms with E-state index in [1.54, 1.807) is 11.9 Å². The third-order valence-electron chi connectivity index (χ3n) is 3.30. The summed E-state index contributed by atoms with van der Waals surface area (Å²) < 4.78 is 0. The lowest BCUT2D eigenvalue weighted by molar-refractivity contribution is -0.131. The smallest absolute Gasteiger partial charge is 0.270 e. The highest BCUT2D eigenvalue weighted by Crippen LogP contribution is 2.19. The zero-order valence-corrected chi connectivity index (χ0v) is 9.93. The maximum absolute atomic E-state index is 12.2. The zero-order chi connectivity index (χ0) is 12.4. The summed E-state index contributed by atoms with van der Waals surface area (Å²) >= 11 is 0. The van der Waals surface area contributed by atoms with Crippen LogP contribution in [0.15, 0.2) is 5.10 Å². The summed E-state index contributed by atoms with van der Waals surface area (Å²) in [4.78, 5) is 25.1. The van der Waals surface area contributed by atoms with E-state index in [0.717, 1.165) is 12.8 Å². The van der Waals surface area contributed by atoms with E-state index in [1.165, 1.54) is 5.01 Å². The average molecular weight is 239 g/mol. The van der Waals surface area contributed by atoms with Crippen LogP contribution in [-0.2, 0) is 9.59 Å². The van der Waals surface area contributed by atoms with Crippen molar-refractivity contribution in [3.8, 4) is 0 Å². The van der Waals surface area contributed by atoms with Gasteiger partial charge in [-0.25, -0.2) is 5.01 Å². The minimum absolute atomic E-state index is 0.00616. The predicted octanol–water partition coefficient (Wildman–Crippen LogP) is -0.422. The van der Waals surface area contributed by atoms with Gasteiger partial charge in [0.05, 0.1) is 12.6 Å². The van der Waals surface area contributed by atoms with Gasteiger partial charge in [-0.3, -0.25) is 9.59 Å². The minimum Gasteiger partial charge on any atom is -0.394 e. The molecule has 1 unspecified atom stereocenters. The van der Waals surface area contributed by atoms with Gasteiger partial charge < -0.3 is 10.0 Å². The summed E-state index contributed by atoms with van der Waals surface area (Å²) in [5.41, 5.74) is 0.424. The van der Waals surface area contributed by atoms with Gasteiger partial charge in [-0.2, -0.15) is 5.10 Å². The number of likely N-dealkylation sites (tertiary alicyclic amines) is 1. The lowest BCUT2D eigenvalue weighted by atomic mass is 10.1. The van der Waals surface area contributed by atoms with Crippen molar-refractivity contribution in [1.82, 2.24) is 9.91 Å². The number of hydrazone groups is 1. The lowest BCUT2D eigenvalue weighted by Crippen LogP contribution is -2.44. The highest BCUT2D eigenvalue weighted by atomic mass is 16.3. The van der Waals surface area contributed by atoms with Crippen molar-refractivity contribution >= 4 is 17.5 Å². The van der Waals surface area contributed by atoms with Crippen molar-refractivity contribution in [2.24, 2.45) is 5.10 Å². The molecule has 17 heavy (non-hydrogen) atoms. The summed E-state index contributed by atoms with van der Waals surface area (Å²) in [6, 6.07) is -0.0897. The van der Waals surface area contributed by atoms with Gasteiger partial charge in [-0.15, -0.1) is 0 Å². The first-order valence-corrected chi connectivity index (χ1v) is 5.89. The molecule has 0 bridgehead atoms. The number of hydrogen-bond donors (Lipinski definition) is 1. The molecule has 0 aliphatic carbocycles. The Bertz CT molecular complexity index is 367. The molecule has 0 spiro atoms. The van der Waals surface area contributed by atoms with Gasteiger partial charge in [0, 0.05) is 26.4 Å². The Morgan fingerprint density at radius 2 is 2.29 bits per heavy atom. The van der Waals surface area contributed by atoms with Crippen molar-refractivity contribution < 1.29 is 14.7 Å². The number of nitrogens with zero attached hydrogens (tertiary/aromatic N) is 3. The highest BCUT2D eigenvalue weighted by Gasteiger charge is 2.32. The van der Waals surface area contributed by atoms with Gasteiger partial charge in [0.2, 0.25) is 5.91 Å². The molecule has 0 aromatic heterocycles. The lowest BCUT2D eigenvalue weighted by Gasteiger charge is -2.26. The van der Waals surface area contributed by atoms with E-state index in [4.69, 9.17) is 0 Å². The summed E-state index contributed by atoms with van der Waals surface area (Å²) in [5.74, 6) is -0.206. The van der Waals surface area contributed by atoms with Crippen molar-refractivity contribution in [3.63, 3.8) is 0 Å². The number of carbonyl (C=O) groups excluding carboxylic acids is 2. The summed E-state index contributed by atoms with van der Waals surface area (Å²) in [5, 5.41) is 14.4. The second-order valence-electron chi connectivity index (χ2n) is 4.44. The van der Waals surface area contributed by atoms with Gasteiger partial charge in [-0.05, 0) is 12.8 Å². The monoisotopic (exact) mass is 239 g/mol. The molecule has 0 saturated carbocycles. The molecule has 94 valence electrons. The van der Waals surface area contributed by atoms with E-state index < -0.39 is 0 Å². The molecule has 1 fully saturated rings. The van der Waals surface area contributed by atoms with Crippen molar-refractivity contribution in [2.45, 2.75) is 31.7 Å². The van der Waals surface area contributed by atoms with E-state index in [9.17, 15) is 14.7 Å².